The number of carbonyl (C=O) groups excluding carboxylic acids is 1. The molecule has 1 amide bonds. The normalized spacial score (nSPS) is 14.7. The second-order valence-electron chi connectivity index (χ2n) is 7.53. The van der Waals surface area contributed by atoms with Crippen LogP contribution in [-0.4, -0.2) is 45.3 Å². The number of carbonyl (C=O) groups is 1. The minimum atomic E-state index is -1.17. The smallest absolute Gasteiger partial charge is 0.407 e. The van der Waals surface area contributed by atoms with E-state index in [9.17, 15) is 15.0 Å². The summed E-state index contributed by atoms with van der Waals surface area (Å²) in [6.07, 6.45) is -1.44. The predicted octanol–water partition coefficient (Wildman–Crippen LogP) is 2.66. The standard InChI is InChI=1S/C23H25N3O4/c1-14-19(11-25-26(14)2)22(28)21(27)12-24-23(29)30-13-20-17-9-5-3-7-15(17)16-8-4-6-10-18(16)20/h3-11,20-22,27-28H,12-13H2,1-2H3,(H,24,29). The first-order chi connectivity index (χ1) is 14.5. The molecule has 156 valence electrons. The summed E-state index contributed by atoms with van der Waals surface area (Å²) >= 11 is 0. The van der Waals surface area contributed by atoms with Crippen LogP contribution in [0.1, 0.15) is 34.4 Å². The molecule has 0 bridgehead atoms. The number of rotatable bonds is 6. The predicted molar refractivity (Wildman–Crippen MR) is 112 cm³/mol. The largest absolute Gasteiger partial charge is 0.449 e. The Morgan fingerprint density at radius 3 is 2.30 bits per heavy atom. The Balaban J connectivity index is 1.35. The van der Waals surface area contributed by atoms with Crippen molar-refractivity contribution in [3.8, 4) is 11.1 Å². The molecule has 7 heteroatoms. The van der Waals surface area contributed by atoms with Gasteiger partial charge in [0.25, 0.3) is 0 Å². The molecule has 1 aliphatic carbocycles. The van der Waals surface area contributed by atoms with Gasteiger partial charge in [0, 0.05) is 30.8 Å². The second-order valence-corrected chi connectivity index (χ2v) is 7.53. The van der Waals surface area contributed by atoms with Crippen LogP contribution >= 0.6 is 0 Å². The first kappa shape index (κ1) is 20.1. The molecule has 0 aliphatic heterocycles. The van der Waals surface area contributed by atoms with E-state index in [0.29, 0.717) is 5.56 Å². The highest BCUT2D eigenvalue weighted by atomic mass is 16.5. The van der Waals surface area contributed by atoms with E-state index in [1.165, 1.54) is 6.20 Å². The highest BCUT2D eigenvalue weighted by Crippen LogP contribution is 2.44. The van der Waals surface area contributed by atoms with Crippen molar-refractivity contribution >= 4 is 6.09 Å². The van der Waals surface area contributed by atoms with E-state index < -0.39 is 18.3 Å². The van der Waals surface area contributed by atoms with Crippen molar-refractivity contribution < 1.29 is 19.7 Å². The molecule has 2 unspecified atom stereocenters. The van der Waals surface area contributed by atoms with Crippen LogP contribution in [0.5, 0.6) is 0 Å². The minimum Gasteiger partial charge on any atom is -0.449 e. The van der Waals surface area contributed by atoms with Gasteiger partial charge in [0.05, 0.1) is 6.20 Å². The van der Waals surface area contributed by atoms with Crippen LogP contribution in [0.2, 0.25) is 0 Å². The van der Waals surface area contributed by atoms with Crippen LogP contribution in [0.25, 0.3) is 11.1 Å². The number of ether oxygens (including phenoxy) is 1. The minimum absolute atomic E-state index is 0.0308. The molecule has 2 atom stereocenters. The van der Waals surface area contributed by atoms with Crippen LogP contribution in [0.15, 0.2) is 54.7 Å². The van der Waals surface area contributed by atoms with Crippen LogP contribution < -0.4 is 5.32 Å². The molecular weight excluding hydrogens is 382 g/mol. The average Bonchev–Trinajstić information content (AvgIpc) is 3.27. The van der Waals surface area contributed by atoms with Crippen molar-refractivity contribution in [1.29, 1.82) is 0 Å². The van der Waals surface area contributed by atoms with E-state index in [1.807, 2.05) is 24.3 Å². The molecule has 0 spiro atoms. The topological polar surface area (TPSA) is 96.6 Å². The summed E-state index contributed by atoms with van der Waals surface area (Å²) in [4.78, 5) is 12.2. The number of aromatic nitrogens is 2. The van der Waals surface area contributed by atoms with Gasteiger partial charge in [0.1, 0.15) is 18.8 Å². The van der Waals surface area contributed by atoms with E-state index in [1.54, 1.807) is 18.7 Å². The van der Waals surface area contributed by atoms with Crippen LogP contribution in [-0.2, 0) is 11.8 Å². The molecule has 30 heavy (non-hydrogen) atoms. The van der Waals surface area contributed by atoms with Gasteiger partial charge in [0.15, 0.2) is 0 Å². The molecule has 4 rings (SSSR count). The molecule has 1 aromatic heterocycles. The molecule has 7 nitrogen and oxygen atoms in total. The number of hydrogen-bond donors (Lipinski definition) is 3. The fourth-order valence-electron chi connectivity index (χ4n) is 3.96. The number of aliphatic hydroxyl groups excluding tert-OH is 2. The Kier molecular flexibility index (Phi) is 5.57. The number of alkyl carbamates (subject to hydrolysis) is 1. The summed E-state index contributed by atoms with van der Waals surface area (Å²) in [6.45, 7) is 1.86. The lowest BCUT2D eigenvalue weighted by Gasteiger charge is -2.19. The summed E-state index contributed by atoms with van der Waals surface area (Å²) in [5.41, 5.74) is 5.87. The fraction of sp³-hybridized carbons (Fsp3) is 0.304. The number of aliphatic hydroxyl groups is 2. The van der Waals surface area contributed by atoms with Gasteiger partial charge in [-0.25, -0.2) is 4.79 Å². The van der Waals surface area contributed by atoms with Gasteiger partial charge in [0.2, 0.25) is 0 Å². The van der Waals surface area contributed by atoms with Gasteiger partial charge in [-0.3, -0.25) is 4.68 Å². The Morgan fingerprint density at radius 1 is 1.13 bits per heavy atom. The van der Waals surface area contributed by atoms with Gasteiger partial charge in [-0.2, -0.15) is 5.10 Å². The Bertz CT molecular complexity index is 1020. The SMILES string of the molecule is Cc1c(C(O)C(O)CNC(=O)OCC2c3ccccc3-c3ccccc32)cnn1C. The third-order valence-corrected chi connectivity index (χ3v) is 5.76. The zero-order valence-corrected chi connectivity index (χ0v) is 16.9. The van der Waals surface area contributed by atoms with Crippen LogP contribution in [0, 0.1) is 6.92 Å². The molecule has 0 fully saturated rings. The lowest BCUT2D eigenvalue weighted by Crippen LogP contribution is -2.36. The van der Waals surface area contributed by atoms with Crippen molar-refractivity contribution in [2.24, 2.45) is 7.05 Å². The lowest BCUT2D eigenvalue weighted by atomic mass is 9.98. The van der Waals surface area contributed by atoms with Gasteiger partial charge in [-0.05, 0) is 29.2 Å². The highest BCUT2D eigenvalue weighted by Gasteiger charge is 2.29. The number of benzene rings is 2. The quantitative estimate of drug-likeness (QED) is 0.584. The summed E-state index contributed by atoms with van der Waals surface area (Å²) in [7, 11) is 1.76. The summed E-state index contributed by atoms with van der Waals surface area (Å²) < 4.78 is 7.06. The van der Waals surface area contributed by atoms with E-state index in [-0.39, 0.29) is 19.1 Å². The monoisotopic (exact) mass is 407 g/mol. The third-order valence-electron chi connectivity index (χ3n) is 5.76. The number of hydrogen-bond acceptors (Lipinski definition) is 5. The van der Waals surface area contributed by atoms with Crippen molar-refractivity contribution in [3.63, 3.8) is 0 Å². The number of aryl methyl sites for hydroxylation is 1. The number of fused-ring (bicyclic) bond motifs is 3. The molecule has 1 heterocycles. The van der Waals surface area contributed by atoms with Gasteiger partial charge in [-0.15, -0.1) is 0 Å². The summed E-state index contributed by atoms with van der Waals surface area (Å²) in [5, 5.41) is 27.1. The first-order valence-electron chi connectivity index (χ1n) is 9.91. The maximum absolute atomic E-state index is 12.2. The Morgan fingerprint density at radius 2 is 1.73 bits per heavy atom. The van der Waals surface area contributed by atoms with E-state index >= 15 is 0 Å². The van der Waals surface area contributed by atoms with Crippen molar-refractivity contribution in [2.45, 2.75) is 25.0 Å². The van der Waals surface area contributed by atoms with Gasteiger partial charge < -0.3 is 20.3 Å². The maximum Gasteiger partial charge on any atom is 0.407 e. The third kappa shape index (κ3) is 3.69. The zero-order chi connectivity index (χ0) is 21.3. The van der Waals surface area contributed by atoms with Crippen LogP contribution in [0.3, 0.4) is 0 Å². The number of amides is 1. The van der Waals surface area contributed by atoms with E-state index in [2.05, 4.69) is 34.7 Å². The average molecular weight is 407 g/mol. The first-order valence-corrected chi connectivity index (χ1v) is 9.91. The summed E-state index contributed by atoms with van der Waals surface area (Å²) in [5.74, 6) is -0.0308. The van der Waals surface area contributed by atoms with Crippen molar-refractivity contribution in [2.75, 3.05) is 13.2 Å². The molecule has 0 saturated heterocycles. The number of nitrogens with zero attached hydrogens (tertiary/aromatic N) is 2. The molecule has 2 aromatic carbocycles. The fourth-order valence-corrected chi connectivity index (χ4v) is 3.96. The lowest BCUT2D eigenvalue weighted by molar-refractivity contribution is 0.0181. The highest BCUT2D eigenvalue weighted by molar-refractivity contribution is 5.79. The molecule has 3 N–H and O–H groups in total. The molecule has 1 aliphatic rings. The molecule has 0 radical (unpaired) electrons. The second kappa shape index (κ2) is 8.30. The Hall–Kier alpha value is -3.16. The zero-order valence-electron chi connectivity index (χ0n) is 16.9. The number of nitrogens with one attached hydrogen (secondary N) is 1. The van der Waals surface area contributed by atoms with Gasteiger partial charge >= 0.3 is 6.09 Å². The van der Waals surface area contributed by atoms with Crippen molar-refractivity contribution in [1.82, 2.24) is 15.1 Å². The van der Waals surface area contributed by atoms with E-state index in [0.717, 1.165) is 27.9 Å². The van der Waals surface area contributed by atoms with Crippen LogP contribution in [0.4, 0.5) is 4.79 Å². The molecule has 3 aromatic rings. The maximum atomic E-state index is 12.2. The molecular formula is C23H25N3O4. The summed E-state index contributed by atoms with van der Waals surface area (Å²) in [6, 6.07) is 16.2. The van der Waals surface area contributed by atoms with Gasteiger partial charge in [-0.1, -0.05) is 48.5 Å². The molecule has 0 saturated carbocycles. The Labute approximate surface area is 174 Å². The van der Waals surface area contributed by atoms with Crippen molar-refractivity contribution in [3.05, 3.63) is 77.1 Å². The van der Waals surface area contributed by atoms with E-state index in [4.69, 9.17) is 4.74 Å².